The van der Waals surface area contributed by atoms with Gasteiger partial charge in [-0.05, 0) is 36.4 Å². The maximum absolute atomic E-state index is 13.0. The molecule has 2 heterocycles. The highest BCUT2D eigenvalue weighted by molar-refractivity contribution is 7.13. The second kappa shape index (κ2) is 7.33. The van der Waals surface area contributed by atoms with Gasteiger partial charge in [0.05, 0.1) is 5.69 Å². The van der Waals surface area contributed by atoms with E-state index in [1.807, 2.05) is 0 Å². The summed E-state index contributed by atoms with van der Waals surface area (Å²) in [6.45, 7) is 5.04. The van der Waals surface area contributed by atoms with E-state index in [9.17, 15) is 4.39 Å². The van der Waals surface area contributed by atoms with Crippen molar-refractivity contribution in [2.45, 2.75) is 6.54 Å². The van der Waals surface area contributed by atoms with E-state index in [-0.39, 0.29) is 5.82 Å². The van der Waals surface area contributed by atoms with Gasteiger partial charge in [-0.15, -0.1) is 11.3 Å². The lowest BCUT2D eigenvalue weighted by Crippen LogP contribution is -2.46. The Morgan fingerprint density at radius 2 is 1.64 bits per heavy atom. The molecule has 1 saturated heterocycles. The van der Waals surface area contributed by atoms with Gasteiger partial charge in [-0.1, -0.05) is 18.2 Å². The molecule has 1 fully saturated rings. The van der Waals surface area contributed by atoms with Crippen molar-refractivity contribution in [1.29, 1.82) is 0 Å². The third-order valence-corrected chi connectivity index (χ3v) is 5.46. The maximum Gasteiger partial charge on any atom is 0.123 e. The Morgan fingerprint density at radius 3 is 2.36 bits per heavy atom. The monoisotopic (exact) mass is 353 g/mol. The number of piperazine rings is 1. The SMILES string of the molecule is Fc1ccc(-c2nc(CN3CCN(c4ccccc4)CC3)cs2)cc1. The van der Waals surface area contributed by atoms with Crippen molar-refractivity contribution in [2.75, 3.05) is 31.1 Å². The Kier molecular flexibility index (Phi) is 4.76. The van der Waals surface area contributed by atoms with E-state index in [0.717, 1.165) is 49.0 Å². The zero-order valence-electron chi connectivity index (χ0n) is 13.9. The highest BCUT2D eigenvalue weighted by atomic mass is 32.1. The van der Waals surface area contributed by atoms with Gasteiger partial charge in [-0.2, -0.15) is 0 Å². The molecule has 3 aromatic rings. The van der Waals surface area contributed by atoms with Crippen LogP contribution in [0.5, 0.6) is 0 Å². The second-order valence-electron chi connectivity index (χ2n) is 6.25. The minimum atomic E-state index is -0.211. The van der Waals surface area contributed by atoms with E-state index in [2.05, 4.69) is 45.5 Å². The highest BCUT2D eigenvalue weighted by Crippen LogP contribution is 2.25. The molecule has 0 N–H and O–H groups in total. The summed E-state index contributed by atoms with van der Waals surface area (Å²) in [6.07, 6.45) is 0. The van der Waals surface area contributed by atoms with Crippen molar-refractivity contribution in [3.8, 4) is 10.6 Å². The summed E-state index contributed by atoms with van der Waals surface area (Å²) in [6, 6.07) is 17.1. The maximum atomic E-state index is 13.0. The molecule has 2 aromatic carbocycles. The predicted octanol–water partition coefficient (Wildman–Crippen LogP) is 4.27. The molecule has 1 aliphatic heterocycles. The Bertz CT molecular complexity index is 808. The van der Waals surface area contributed by atoms with E-state index in [4.69, 9.17) is 4.98 Å². The molecule has 128 valence electrons. The summed E-state index contributed by atoms with van der Waals surface area (Å²) < 4.78 is 13.0. The third kappa shape index (κ3) is 3.89. The summed E-state index contributed by atoms with van der Waals surface area (Å²) in [5.74, 6) is -0.211. The van der Waals surface area contributed by atoms with Crippen LogP contribution < -0.4 is 4.90 Å². The Hall–Kier alpha value is -2.24. The molecule has 4 rings (SSSR count). The molecular formula is C20H20FN3S. The van der Waals surface area contributed by atoms with Crippen molar-refractivity contribution >= 4 is 17.0 Å². The first-order valence-electron chi connectivity index (χ1n) is 8.51. The van der Waals surface area contributed by atoms with Crippen molar-refractivity contribution in [2.24, 2.45) is 0 Å². The molecule has 3 nitrogen and oxygen atoms in total. The van der Waals surface area contributed by atoms with Crippen LogP contribution in [0.3, 0.4) is 0 Å². The first-order chi connectivity index (χ1) is 12.3. The number of hydrogen-bond donors (Lipinski definition) is 0. The van der Waals surface area contributed by atoms with Gasteiger partial charge in [0.2, 0.25) is 0 Å². The van der Waals surface area contributed by atoms with Crippen LogP contribution in [0.15, 0.2) is 60.0 Å². The van der Waals surface area contributed by atoms with E-state index >= 15 is 0 Å². The van der Waals surface area contributed by atoms with E-state index in [0.29, 0.717) is 0 Å². The first kappa shape index (κ1) is 16.2. The molecule has 0 radical (unpaired) electrons. The Labute approximate surface area is 151 Å². The van der Waals surface area contributed by atoms with Gasteiger partial charge >= 0.3 is 0 Å². The molecule has 0 amide bonds. The molecule has 1 aliphatic rings. The van der Waals surface area contributed by atoms with Crippen molar-refractivity contribution in [3.63, 3.8) is 0 Å². The fourth-order valence-corrected chi connectivity index (χ4v) is 3.95. The smallest absolute Gasteiger partial charge is 0.123 e. The van der Waals surface area contributed by atoms with Crippen LogP contribution in [0, 0.1) is 5.82 Å². The first-order valence-corrected chi connectivity index (χ1v) is 9.38. The number of benzene rings is 2. The quantitative estimate of drug-likeness (QED) is 0.698. The van der Waals surface area contributed by atoms with Crippen LogP contribution in [-0.4, -0.2) is 36.1 Å². The van der Waals surface area contributed by atoms with Crippen molar-refractivity contribution < 1.29 is 4.39 Å². The zero-order valence-corrected chi connectivity index (χ0v) is 14.8. The molecule has 0 bridgehead atoms. The normalized spacial score (nSPS) is 15.5. The summed E-state index contributed by atoms with van der Waals surface area (Å²) in [5.41, 5.74) is 3.37. The number of anilines is 1. The zero-order chi connectivity index (χ0) is 17.1. The van der Waals surface area contributed by atoms with Gasteiger partial charge in [0.25, 0.3) is 0 Å². The van der Waals surface area contributed by atoms with Crippen molar-refractivity contribution in [3.05, 3.63) is 71.5 Å². The van der Waals surface area contributed by atoms with Gasteiger partial charge in [0.1, 0.15) is 10.8 Å². The molecule has 0 spiro atoms. The van der Waals surface area contributed by atoms with Crippen LogP contribution in [0.25, 0.3) is 10.6 Å². The average molecular weight is 353 g/mol. The minimum absolute atomic E-state index is 0.211. The van der Waals surface area contributed by atoms with Gasteiger partial charge < -0.3 is 4.90 Å². The fourth-order valence-electron chi connectivity index (χ4n) is 3.14. The number of rotatable bonds is 4. The highest BCUT2D eigenvalue weighted by Gasteiger charge is 2.18. The molecule has 25 heavy (non-hydrogen) atoms. The average Bonchev–Trinajstić information content (AvgIpc) is 3.12. The number of hydrogen-bond acceptors (Lipinski definition) is 4. The molecular weight excluding hydrogens is 333 g/mol. The predicted molar refractivity (Wildman–Crippen MR) is 101 cm³/mol. The molecule has 0 unspecified atom stereocenters. The molecule has 0 aliphatic carbocycles. The van der Waals surface area contributed by atoms with Gasteiger partial charge in [0, 0.05) is 49.4 Å². The Morgan fingerprint density at radius 1 is 0.920 bits per heavy atom. The molecule has 5 heteroatoms. The minimum Gasteiger partial charge on any atom is -0.369 e. The lowest BCUT2D eigenvalue weighted by atomic mass is 10.2. The van der Waals surface area contributed by atoms with Crippen LogP contribution in [0.4, 0.5) is 10.1 Å². The van der Waals surface area contributed by atoms with E-state index in [1.54, 1.807) is 23.5 Å². The standard InChI is InChI=1S/C20H20FN3S/c21-17-8-6-16(7-9-17)20-22-18(15-25-20)14-23-10-12-24(13-11-23)19-4-2-1-3-5-19/h1-9,15H,10-14H2. The summed E-state index contributed by atoms with van der Waals surface area (Å²) in [4.78, 5) is 9.60. The Balaban J connectivity index is 1.35. The summed E-state index contributed by atoms with van der Waals surface area (Å²) >= 11 is 1.62. The topological polar surface area (TPSA) is 19.4 Å². The van der Waals surface area contributed by atoms with Crippen LogP contribution in [0.1, 0.15) is 5.69 Å². The van der Waals surface area contributed by atoms with Gasteiger partial charge in [0.15, 0.2) is 0 Å². The van der Waals surface area contributed by atoms with Gasteiger partial charge in [-0.25, -0.2) is 9.37 Å². The third-order valence-electron chi connectivity index (χ3n) is 4.52. The van der Waals surface area contributed by atoms with E-state index in [1.165, 1.54) is 17.8 Å². The number of halogens is 1. The number of nitrogens with zero attached hydrogens (tertiary/aromatic N) is 3. The molecule has 0 atom stereocenters. The lowest BCUT2D eigenvalue weighted by molar-refractivity contribution is 0.247. The van der Waals surface area contributed by atoms with E-state index < -0.39 is 0 Å². The molecule has 1 aromatic heterocycles. The lowest BCUT2D eigenvalue weighted by Gasteiger charge is -2.35. The second-order valence-corrected chi connectivity index (χ2v) is 7.11. The fraction of sp³-hybridized carbons (Fsp3) is 0.250. The van der Waals surface area contributed by atoms with Crippen molar-refractivity contribution in [1.82, 2.24) is 9.88 Å². The number of para-hydroxylation sites is 1. The van der Waals surface area contributed by atoms with Crippen LogP contribution in [0.2, 0.25) is 0 Å². The summed E-state index contributed by atoms with van der Waals surface area (Å²) in [5, 5.41) is 3.07. The van der Waals surface area contributed by atoms with Gasteiger partial charge in [-0.3, -0.25) is 4.90 Å². The largest absolute Gasteiger partial charge is 0.369 e. The summed E-state index contributed by atoms with van der Waals surface area (Å²) in [7, 11) is 0. The number of thiazole rings is 1. The molecule has 0 saturated carbocycles. The van der Waals surface area contributed by atoms with Crippen LogP contribution >= 0.6 is 11.3 Å². The number of aromatic nitrogens is 1. The van der Waals surface area contributed by atoms with Crippen LogP contribution in [-0.2, 0) is 6.54 Å².